The first-order valence-electron chi connectivity index (χ1n) is 13.6. The Kier molecular flexibility index (Phi) is 9.78. The molecule has 2 aromatic heterocycles. The van der Waals surface area contributed by atoms with Gasteiger partial charge in [0.15, 0.2) is 11.4 Å². The van der Waals surface area contributed by atoms with E-state index in [1.165, 1.54) is 7.11 Å². The monoisotopic (exact) mass is 600 g/mol. The number of hydrogen-bond donors (Lipinski definition) is 3. The van der Waals surface area contributed by atoms with Crippen LogP contribution in [0.1, 0.15) is 67.2 Å². The summed E-state index contributed by atoms with van der Waals surface area (Å²) in [5.74, 6) is -1.66. The predicted octanol–water partition coefficient (Wildman–Crippen LogP) is 3.48. The first-order chi connectivity index (χ1) is 19.9. The number of fused-ring (bicyclic) bond motifs is 1. The summed E-state index contributed by atoms with van der Waals surface area (Å²) >= 11 is 0.974. The molecule has 0 radical (unpaired) electrons. The van der Waals surface area contributed by atoms with Crippen molar-refractivity contribution in [2.45, 2.75) is 71.2 Å². The number of carbonyl (C=O) groups excluding carboxylic acids is 4. The van der Waals surface area contributed by atoms with Crippen molar-refractivity contribution < 1.29 is 33.4 Å². The van der Waals surface area contributed by atoms with E-state index >= 15 is 0 Å². The fourth-order valence-electron chi connectivity index (χ4n) is 4.49. The second-order valence-electron chi connectivity index (χ2n) is 10.9. The molecule has 1 unspecified atom stereocenters. The molecule has 1 aliphatic heterocycles. The number of nitrogens with one attached hydrogen (secondary N) is 3. The van der Waals surface area contributed by atoms with Crippen molar-refractivity contribution in [3.8, 4) is 0 Å². The number of nitrogens with zero attached hydrogens (tertiary/aromatic N) is 3. The number of ether oxygens (including phenoxy) is 3. The molecule has 13 nitrogen and oxygen atoms in total. The molecule has 0 spiro atoms. The Hall–Kier alpha value is -4.04. The average Bonchev–Trinajstić information content (AvgIpc) is 3.53. The number of rotatable bonds is 9. The summed E-state index contributed by atoms with van der Waals surface area (Å²) in [5.41, 5.74) is 1.34. The van der Waals surface area contributed by atoms with E-state index in [2.05, 4.69) is 26.0 Å². The molecule has 1 aromatic carbocycles. The van der Waals surface area contributed by atoms with Crippen LogP contribution < -0.4 is 16.0 Å². The lowest BCUT2D eigenvalue weighted by Gasteiger charge is -2.23. The molecule has 1 aliphatic rings. The summed E-state index contributed by atoms with van der Waals surface area (Å²) in [6, 6.07) is 4.55. The summed E-state index contributed by atoms with van der Waals surface area (Å²) < 4.78 is 17.7. The third-order valence-electron chi connectivity index (χ3n) is 6.40. The van der Waals surface area contributed by atoms with E-state index in [9.17, 15) is 19.2 Å². The first-order valence-corrected chi connectivity index (χ1v) is 14.5. The molecule has 2 atom stereocenters. The molecule has 42 heavy (non-hydrogen) atoms. The Labute approximate surface area is 247 Å². The van der Waals surface area contributed by atoms with Gasteiger partial charge >= 0.3 is 12.1 Å². The zero-order chi connectivity index (χ0) is 30.4. The van der Waals surface area contributed by atoms with Gasteiger partial charge in [-0.05, 0) is 58.6 Å². The zero-order valence-electron chi connectivity index (χ0n) is 24.3. The van der Waals surface area contributed by atoms with Gasteiger partial charge in [0.1, 0.15) is 16.5 Å². The SMILES string of the molecule is COC(=O)C(CNC(=O)OC(C)(C)C)NC(=O)c1sc(NC(=O)Cc2cccc3c2cnn3[C@@H]2CCCCO2)nc1C. The van der Waals surface area contributed by atoms with E-state index in [1.807, 2.05) is 22.9 Å². The van der Waals surface area contributed by atoms with Crippen LogP contribution in [0.3, 0.4) is 0 Å². The van der Waals surface area contributed by atoms with E-state index in [0.29, 0.717) is 12.3 Å². The third kappa shape index (κ3) is 7.82. The Bertz CT molecular complexity index is 1450. The second kappa shape index (κ2) is 13.3. The Morgan fingerprint density at radius 3 is 2.69 bits per heavy atom. The van der Waals surface area contributed by atoms with Gasteiger partial charge in [0.2, 0.25) is 5.91 Å². The van der Waals surface area contributed by atoms with Crippen molar-refractivity contribution >= 4 is 51.2 Å². The first kappa shape index (κ1) is 30.9. The summed E-state index contributed by atoms with van der Waals surface area (Å²) in [6.07, 6.45) is 3.98. The van der Waals surface area contributed by atoms with Crippen molar-refractivity contribution in [3.63, 3.8) is 0 Å². The average molecular weight is 601 g/mol. The van der Waals surface area contributed by atoms with Crippen molar-refractivity contribution in [2.24, 2.45) is 0 Å². The number of esters is 1. The molecule has 0 bridgehead atoms. The largest absolute Gasteiger partial charge is 0.467 e. The number of methoxy groups -OCH3 is 1. The van der Waals surface area contributed by atoms with Gasteiger partial charge < -0.3 is 30.2 Å². The molecule has 3 aromatic rings. The molecule has 1 saturated heterocycles. The van der Waals surface area contributed by atoms with E-state index in [0.717, 1.165) is 47.1 Å². The normalized spacial score (nSPS) is 16.0. The molecule has 3 amide bonds. The third-order valence-corrected chi connectivity index (χ3v) is 7.47. The smallest absolute Gasteiger partial charge is 0.407 e. The van der Waals surface area contributed by atoms with E-state index in [-0.39, 0.29) is 35.1 Å². The number of hydrogen-bond acceptors (Lipinski definition) is 10. The molecule has 226 valence electrons. The Morgan fingerprint density at radius 2 is 2.00 bits per heavy atom. The number of alkyl carbamates (subject to hydrolysis) is 1. The summed E-state index contributed by atoms with van der Waals surface area (Å²) in [4.78, 5) is 54.8. The number of aromatic nitrogens is 3. The maximum atomic E-state index is 13.0. The summed E-state index contributed by atoms with van der Waals surface area (Å²) in [5, 5.41) is 13.4. The highest BCUT2D eigenvalue weighted by Crippen LogP contribution is 2.28. The minimum atomic E-state index is -1.17. The summed E-state index contributed by atoms with van der Waals surface area (Å²) in [7, 11) is 1.18. The van der Waals surface area contributed by atoms with Gasteiger partial charge in [-0.25, -0.2) is 19.3 Å². The van der Waals surface area contributed by atoms with E-state index < -0.39 is 29.6 Å². The van der Waals surface area contributed by atoms with Crippen LogP contribution >= 0.6 is 11.3 Å². The van der Waals surface area contributed by atoms with Crippen LogP contribution in [0, 0.1) is 6.92 Å². The highest BCUT2D eigenvalue weighted by atomic mass is 32.1. The van der Waals surface area contributed by atoms with Gasteiger partial charge in [0.25, 0.3) is 5.91 Å². The van der Waals surface area contributed by atoms with Gasteiger partial charge in [-0.2, -0.15) is 5.10 Å². The fourth-order valence-corrected chi connectivity index (χ4v) is 5.37. The van der Waals surface area contributed by atoms with Crippen molar-refractivity contribution in [2.75, 3.05) is 25.6 Å². The molecule has 3 N–H and O–H groups in total. The Morgan fingerprint density at radius 1 is 1.21 bits per heavy atom. The fraction of sp³-hybridized carbons (Fsp3) is 0.500. The predicted molar refractivity (Wildman–Crippen MR) is 155 cm³/mol. The molecule has 0 saturated carbocycles. The number of benzene rings is 1. The van der Waals surface area contributed by atoms with Crippen LogP contribution in [0.2, 0.25) is 0 Å². The summed E-state index contributed by atoms with van der Waals surface area (Å²) in [6.45, 7) is 7.19. The minimum Gasteiger partial charge on any atom is -0.467 e. The number of aryl methyl sites for hydroxylation is 1. The van der Waals surface area contributed by atoms with Gasteiger partial charge in [0, 0.05) is 12.0 Å². The zero-order valence-corrected chi connectivity index (χ0v) is 25.1. The topological polar surface area (TPSA) is 163 Å². The van der Waals surface area contributed by atoms with Crippen molar-refractivity contribution in [1.82, 2.24) is 25.4 Å². The number of thiazole rings is 1. The van der Waals surface area contributed by atoms with Crippen LogP contribution in [0.4, 0.5) is 9.93 Å². The number of carbonyl (C=O) groups is 4. The molecular formula is C28H36N6O7S. The molecule has 3 heterocycles. The number of amides is 3. The highest BCUT2D eigenvalue weighted by molar-refractivity contribution is 7.17. The van der Waals surface area contributed by atoms with E-state index in [4.69, 9.17) is 14.2 Å². The van der Waals surface area contributed by atoms with Crippen molar-refractivity contribution in [3.05, 3.63) is 40.5 Å². The molecule has 0 aliphatic carbocycles. The maximum Gasteiger partial charge on any atom is 0.407 e. The number of anilines is 1. The van der Waals surface area contributed by atoms with Crippen LogP contribution in [-0.4, -0.2) is 70.5 Å². The van der Waals surface area contributed by atoms with Crippen LogP contribution in [0.15, 0.2) is 24.4 Å². The lowest BCUT2D eigenvalue weighted by molar-refractivity contribution is -0.142. The van der Waals surface area contributed by atoms with Crippen LogP contribution in [0.5, 0.6) is 0 Å². The van der Waals surface area contributed by atoms with Gasteiger partial charge in [-0.1, -0.05) is 23.5 Å². The molecular weight excluding hydrogens is 564 g/mol. The van der Waals surface area contributed by atoms with Crippen LogP contribution in [0.25, 0.3) is 10.9 Å². The highest BCUT2D eigenvalue weighted by Gasteiger charge is 2.27. The van der Waals surface area contributed by atoms with E-state index in [1.54, 1.807) is 33.9 Å². The molecule has 14 heteroatoms. The molecule has 1 fully saturated rings. The van der Waals surface area contributed by atoms with Gasteiger partial charge in [0.05, 0.1) is 37.5 Å². The maximum absolute atomic E-state index is 13.0. The lowest BCUT2D eigenvalue weighted by atomic mass is 10.1. The standard InChI is InChI=1S/C28H36N6O7S/c1-16-23(24(36)32-19(25(37)39-5)15-29-27(38)41-28(2,3)4)42-26(31-16)33-21(35)13-17-9-8-10-20-18(17)14-30-34(20)22-11-6-7-12-40-22/h8-10,14,19,22H,6-7,11-13,15H2,1-5H3,(H,29,38)(H,32,36)(H,31,33,35)/t19?,22-/m0/s1. The molecule has 4 rings (SSSR count). The van der Waals surface area contributed by atoms with Gasteiger partial charge in [-0.15, -0.1) is 0 Å². The quantitative estimate of drug-likeness (QED) is 0.312. The van der Waals surface area contributed by atoms with Crippen molar-refractivity contribution in [1.29, 1.82) is 0 Å². The minimum absolute atomic E-state index is 0.0788. The van der Waals surface area contributed by atoms with Crippen LogP contribution in [-0.2, 0) is 30.2 Å². The van der Waals surface area contributed by atoms with Gasteiger partial charge in [-0.3, -0.25) is 9.59 Å². The lowest BCUT2D eigenvalue weighted by Crippen LogP contribution is -2.49. The Balaban J connectivity index is 1.39. The second-order valence-corrected chi connectivity index (χ2v) is 11.8.